The molecule has 0 amide bonds. The molecule has 0 radical (unpaired) electrons. The maximum Gasteiger partial charge on any atom is 0.141 e. The Morgan fingerprint density at radius 1 is 1.19 bits per heavy atom. The normalized spacial score (nSPS) is 10.5. The van der Waals surface area contributed by atoms with E-state index >= 15 is 0 Å². The van der Waals surface area contributed by atoms with Crippen LogP contribution in [0.2, 0.25) is 0 Å². The van der Waals surface area contributed by atoms with Gasteiger partial charge in [0.2, 0.25) is 0 Å². The fraction of sp³-hybridized carbons (Fsp3) is 0.412. The van der Waals surface area contributed by atoms with E-state index in [9.17, 15) is 0 Å². The Bertz CT molecular complexity index is 595. The molecule has 0 fully saturated rings. The average Bonchev–Trinajstić information content (AvgIpc) is 2.51. The van der Waals surface area contributed by atoms with Crippen LogP contribution in [0.15, 0.2) is 30.6 Å². The lowest BCUT2D eigenvalue weighted by molar-refractivity contribution is 0.940. The van der Waals surface area contributed by atoms with Crippen LogP contribution in [-0.4, -0.2) is 23.6 Å². The van der Waals surface area contributed by atoms with Gasteiger partial charge in [0.25, 0.3) is 0 Å². The third-order valence-corrected chi connectivity index (χ3v) is 3.53. The molecule has 0 spiro atoms. The van der Waals surface area contributed by atoms with Crippen LogP contribution < -0.4 is 10.2 Å². The van der Waals surface area contributed by atoms with Crippen molar-refractivity contribution in [3.63, 3.8) is 0 Å². The second kappa shape index (κ2) is 7.07. The van der Waals surface area contributed by atoms with Crippen LogP contribution in [0.4, 0.5) is 17.3 Å². The molecule has 0 bridgehead atoms. The first-order valence-electron chi connectivity index (χ1n) is 7.55. The molecule has 1 aromatic carbocycles. The van der Waals surface area contributed by atoms with Crippen LogP contribution in [0.3, 0.4) is 0 Å². The SMILES string of the molecule is CCCNc1ncnc(N(C)c2cccc(C)c2)c1CC. The largest absolute Gasteiger partial charge is 0.370 e. The Labute approximate surface area is 127 Å². The second-order valence-corrected chi connectivity index (χ2v) is 5.20. The lowest BCUT2D eigenvalue weighted by Crippen LogP contribution is -2.16. The van der Waals surface area contributed by atoms with E-state index in [1.807, 2.05) is 0 Å². The smallest absolute Gasteiger partial charge is 0.141 e. The van der Waals surface area contributed by atoms with E-state index in [0.29, 0.717) is 0 Å². The molecule has 21 heavy (non-hydrogen) atoms. The fourth-order valence-electron chi connectivity index (χ4n) is 2.37. The van der Waals surface area contributed by atoms with Crippen molar-refractivity contribution in [1.82, 2.24) is 9.97 Å². The van der Waals surface area contributed by atoms with Gasteiger partial charge in [-0.1, -0.05) is 26.0 Å². The Balaban J connectivity index is 2.38. The molecule has 0 unspecified atom stereocenters. The molecule has 0 atom stereocenters. The molecule has 0 saturated carbocycles. The molecule has 4 nitrogen and oxygen atoms in total. The number of nitrogens with one attached hydrogen (secondary N) is 1. The predicted molar refractivity (Wildman–Crippen MR) is 89.4 cm³/mol. The highest BCUT2D eigenvalue weighted by Gasteiger charge is 2.14. The molecule has 112 valence electrons. The summed E-state index contributed by atoms with van der Waals surface area (Å²) in [5.41, 5.74) is 3.55. The van der Waals surface area contributed by atoms with E-state index in [1.54, 1.807) is 6.33 Å². The summed E-state index contributed by atoms with van der Waals surface area (Å²) in [4.78, 5) is 11.0. The zero-order valence-electron chi connectivity index (χ0n) is 13.3. The van der Waals surface area contributed by atoms with Crippen LogP contribution in [0.25, 0.3) is 0 Å². The van der Waals surface area contributed by atoms with Gasteiger partial charge in [-0.05, 0) is 37.5 Å². The van der Waals surface area contributed by atoms with E-state index in [4.69, 9.17) is 0 Å². The van der Waals surface area contributed by atoms with Gasteiger partial charge in [-0.3, -0.25) is 0 Å². The highest BCUT2D eigenvalue weighted by molar-refractivity contribution is 5.67. The Kier molecular flexibility index (Phi) is 5.14. The Morgan fingerprint density at radius 3 is 2.67 bits per heavy atom. The third-order valence-electron chi connectivity index (χ3n) is 3.53. The Morgan fingerprint density at radius 2 is 2.00 bits per heavy atom. The van der Waals surface area contributed by atoms with Crippen molar-refractivity contribution in [3.05, 3.63) is 41.7 Å². The molecule has 1 N–H and O–H groups in total. The van der Waals surface area contributed by atoms with Gasteiger partial charge in [0.15, 0.2) is 0 Å². The average molecular weight is 284 g/mol. The molecule has 0 aliphatic rings. The van der Waals surface area contributed by atoms with Crippen molar-refractivity contribution < 1.29 is 0 Å². The van der Waals surface area contributed by atoms with Gasteiger partial charge in [0.05, 0.1) is 0 Å². The summed E-state index contributed by atoms with van der Waals surface area (Å²) >= 11 is 0. The summed E-state index contributed by atoms with van der Waals surface area (Å²) in [6.45, 7) is 7.33. The first kappa shape index (κ1) is 15.3. The molecular formula is C17H24N4. The lowest BCUT2D eigenvalue weighted by Gasteiger charge is -2.22. The van der Waals surface area contributed by atoms with Crippen molar-refractivity contribution in [2.45, 2.75) is 33.6 Å². The predicted octanol–water partition coefficient (Wildman–Crippen LogP) is 3.94. The Hall–Kier alpha value is -2.10. The quantitative estimate of drug-likeness (QED) is 0.872. The molecule has 1 heterocycles. The third kappa shape index (κ3) is 3.51. The molecule has 2 aromatic rings. The van der Waals surface area contributed by atoms with Gasteiger partial charge in [0, 0.05) is 24.8 Å². The summed E-state index contributed by atoms with van der Waals surface area (Å²) in [5.74, 6) is 1.92. The van der Waals surface area contributed by atoms with Gasteiger partial charge in [-0.25, -0.2) is 9.97 Å². The fourth-order valence-corrected chi connectivity index (χ4v) is 2.37. The molecular weight excluding hydrogens is 260 g/mol. The summed E-state index contributed by atoms with van der Waals surface area (Å²) in [7, 11) is 2.06. The molecule has 4 heteroatoms. The van der Waals surface area contributed by atoms with Gasteiger partial charge in [-0.2, -0.15) is 0 Å². The minimum Gasteiger partial charge on any atom is -0.370 e. The summed E-state index contributed by atoms with van der Waals surface area (Å²) in [6, 6.07) is 8.45. The summed E-state index contributed by atoms with van der Waals surface area (Å²) in [5, 5.41) is 3.39. The van der Waals surface area contributed by atoms with Crippen molar-refractivity contribution in [3.8, 4) is 0 Å². The van der Waals surface area contributed by atoms with Crippen molar-refractivity contribution in [2.75, 3.05) is 23.8 Å². The number of rotatable bonds is 6. The van der Waals surface area contributed by atoms with Gasteiger partial charge >= 0.3 is 0 Å². The number of aromatic nitrogens is 2. The number of hydrogen-bond donors (Lipinski definition) is 1. The first-order valence-corrected chi connectivity index (χ1v) is 7.55. The van der Waals surface area contributed by atoms with E-state index in [2.05, 4.69) is 72.3 Å². The number of benzene rings is 1. The minimum atomic E-state index is 0.901. The summed E-state index contributed by atoms with van der Waals surface area (Å²) < 4.78 is 0. The van der Waals surface area contributed by atoms with Crippen LogP contribution in [0.1, 0.15) is 31.4 Å². The summed E-state index contributed by atoms with van der Waals surface area (Å²) in [6.07, 6.45) is 3.62. The maximum atomic E-state index is 4.50. The molecule has 1 aromatic heterocycles. The van der Waals surface area contributed by atoms with Crippen LogP contribution in [0.5, 0.6) is 0 Å². The first-order chi connectivity index (χ1) is 10.2. The van der Waals surface area contributed by atoms with Crippen LogP contribution in [-0.2, 0) is 6.42 Å². The van der Waals surface area contributed by atoms with E-state index < -0.39 is 0 Å². The molecule has 0 aliphatic heterocycles. The lowest BCUT2D eigenvalue weighted by atomic mass is 10.1. The van der Waals surface area contributed by atoms with Crippen molar-refractivity contribution in [1.29, 1.82) is 0 Å². The van der Waals surface area contributed by atoms with E-state index in [-0.39, 0.29) is 0 Å². The van der Waals surface area contributed by atoms with E-state index in [1.165, 1.54) is 5.56 Å². The highest BCUT2D eigenvalue weighted by Crippen LogP contribution is 2.29. The van der Waals surface area contributed by atoms with Crippen LogP contribution >= 0.6 is 0 Å². The van der Waals surface area contributed by atoms with Crippen molar-refractivity contribution in [2.24, 2.45) is 0 Å². The van der Waals surface area contributed by atoms with Crippen LogP contribution in [0, 0.1) is 6.92 Å². The number of anilines is 3. The number of aryl methyl sites for hydroxylation is 1. The standard InChI is InChI=1S/C17H24N4/c1-5-10-18-16-15(6-2)17(20-12-19-16)21(4)14-9-7-8-13(3)11-14/h7-9,11-12H,5-6,10H2,1-4H3,(H,18,19,20). The van der Waals surface area contributed by atoms with Gasteiger partial charge < -0.3 is 10.2 Å². The zero-order chi connectivity index (χ0) is 15.2. The molecule has 2 rings (SSSR count). The zero-order valence-corrected chi connectivity index (χ0v) is 13.3. The minimum absolute atomic E-state index is 0.901. The highest BCUT2D eigenvalue weighted by atomic mass is 15.2. The maximum absolute atomic E-state index is 4.50. The van der Waals surface area contributed by atoms with Gasteiger partial charge in [-0.15, -0.1) is 0 Å². The molecule has 0 saturated heterocycles. The number of hydrogen-bond acceptors (Lipinski definition) is 4. The molecule has 0 aliphatic carbocycles. The monoisotopic (exact) mass is 284 g/mol. The number of nitrogens with zero attached hydrogens (tertiary/aromatic N) is 3. The van der Waals surface area contributed by atoms with Gasteiger partial charge in [0.1, 0.15) is 18.0 Å². The van der Waals surface area contributed by atoms with E-state index in [0.717, 1.165) is 42.3 Å². The topological polar surface area (TPSA) is 41.1 Å². The van der Waals surface area contributed by atoms with Crippen molar-refractivity contribution >= 4 is 17.3 Å². The second-order valence-electron chi connectivity index (χ2n) is 5.20.